The molecule has 130 valence electrons. The molecule has 0 fully saturated rings. The zero-order chi connectivity index (χ0) is 18.5. The van der Waals surface area contributed by atoms with Crippen LogP contribution in [0.2, 0.25) is 0 Å². The van der Waals surface area contributed by atoms with Crippen molar-refractivity contribution in [2.75, 3.05) is 0 Å². The number of halogens is 1. The van der Waals surface area contributed by atoms with Crippen molar-refractivity contribution in [1.29, 1.82) is 0 Å². The Morgan fingerprint density at radius 1 is 0.750 bits per heavy atom. The molecule has 0 aromatic heterocycles. The molecule has 2 rings (SSSR count). The van der Waals surface area contributed by atoms with Crippen LogP contribution < -0.4 is 0 Å². The average Bonchev–Trinajstić information content (AvgIpc) is 2.46. The van der Waals surface area contributed by atoms with Crippen LogP contribution in [0.4, 0.5) is 4.39 Å². The number of aromatic carboxylic acids is 1. The van der Waals surface area contributed by atoms with Gasteiger partial charge in [0.05, 0.1) is 5.56 Å². The van der Waals surface area contributed by atoms with E-state index in [-0.39, 0.29) is 16.6 Å². The topological polar surface area (TPSA) is 37.3 Å². The SMILES string of the molecule is CC(C)(C)c1ccc(C(=O)O)cc1.CC(C)(C)c1ccc(F)cc1. The zero-order valence-electron chi connectivity index (χ0n) is 15.4. The lowest BCUT2D eigenvalue weighted by atomic mass is 9.87. The Morgan fingerprint density at radius 2 is 1.08 bits per heavy atom. The van der Waals surface area contributed by atoms with Gasteiger partial charge in [0.15, 0.2) is 0 Å². The molecule has 0 atom stereocenters. The molecule has 3 heteroatoms. The van der Waals surface area contributed by atoms with Gasteiger partial charge >= 0.3 is 5.97 Å². The fourth-order valence-corrected chi connectivity index (χ4v) is 2.06. The van der Waals surface area contributed by atoms with E-state index in [1.54, 1.807) is 12.1 Å². The Kier molecular flexibility index (Phi) is 6.30. The van der Waals surface area contributed by atoms with Gasteiger partial charge in [-0.15, -0.1) is 0 Å². The fourth-order valence-electron chi connectivity index (χ4n) is 2.06. The third kappa shape index (κ3) is 6.15. The maximum atomic E-state index is 12.5. The van der Waals surface area contributed by atoms with Crippen LogP contribution in [0, 0.1) is 5.82 Å². The third-order valence-electron chi connectivity index (χ3n) is 3.71. The second kappa shape index (κ2) is 7.61. The molecule has 0 amide bonds. The average molecular weight is 330 g/mol. The molecular formula is C21H27FO2. The molecule has 0 heterocycles. The molecule has 24 heavy (non-hydrogen) atoms. The zero-order valence-corrected chi connectivity index (χ0v) is 15.4. The Morgan fingerprint density at radius 3 is 1.38 bits per heavy atom. The maximum Gasteiger partial charge on any atom is 0.335 e. The predicted octanol–water partition coefficient (Wildman–Crippen LogP) is 5.81. The Bertz CT molecular complexity index is 657. The van der Waals surface area contributed by atoms with Crippen LogP contribution in [0.15, 0.2) is 48.5 Å². The lowest BCUT2D eigenvalue weighted by Gasteiger charge is -2.18. The first-order valence-electron chi connectivity index (χ1n) is 8.01. The molecule has 0 radical (unpaired) electrons. The lowest BCUT2D eigenvalue weighted by Crippen LogP contribution is -2.11. The van der Waals surface area contributed by atoms with E-state index in [2.05, 4.69) is 41.5 Å². The highest BCUT2D eigenvalue weighted by Crippen LogP contribution is 2.22. The van der Waals surface area contributed by atoms with E-state index in [9.17, 15) is 9.18 Å². The predicted molar refractivity (Wildman–Crippen MR) is 97.2 cm³/mol. The quantitative estimate of drug-likeness (QED) is 0.717. The van der Waals surface area contributed by atoms with Crippen molar-refractivity contribution >= 4 is 5.97 Å². The van der Waals surface area contributed by atoms with Gasteiger partial charge < -0.3 is 5.11 Å². The van der Waals surface area contributed by atoms with Gasteiger partial charge in [0, 0.05) is 0 Å². The summed E-state index contributed by atoms with van der Waals surface area (Å²) in [6, 6.07) is 13.7. The largest absolute Gasteiger partial charge is 0.478 e. The Hall–Kier alpha value is -2.16. The fraction of sp³-hybridized carbons (Fsp3) is 0.381. The minimum Gasteiger partial charge on any atom is -0.478 e. The first-order chi connectivity index (χ1) is 10.9. The van der Waals surface area contributed by atoms with E-state index in [1.165, 1.54) is 17.7 Å². The van der Waals surface area contributed by atoms with Crippen LogP contribution in [0.1, 0.15) is 63.0 Å². The van der Waals surface area contributed by atoms with Gasteiger partial charge in [-0.1, -0.05) is 65.8 Å². The minimum atomic E-state index is -0.875. The molecule has 2 aromatic rings. The van der Waals surface area contributed by atoms with Crippen molar-refractivity contribution in [1.82, 2.24) is 0 Å². The summed E-state index contributed by atoms with van der Waals surface area (Å²) in [7, 11) is 0. The van der Waals surface area contributed by atoms with Crippen LogP contribution in [0.5, 0.6) is 0 Å². The molecule has 0 aliphatic carbocycles. The van der Waals surface area contributed by atoms with Crippen LogP contribution >= 0.6 is 0 Å². The van der Waals surface area contributed by atoms with E-state index in [1.807, 2.05) is 24.3 Å². The molecule has 0 spiro atoms. The van der Waals surface area contributed by atoms with Crippen LogP contribution in [-0.4, -0.2) is 11.1 Å². The first kappa shape index (κ1) is 19.9. The van der Waals surface area contributed by atoms with E-state index < -0.39 is 5.97 Å². The molecule has 2 nitrogen and oxygen atoms in total. The van der Waals surface area contributed by atoms with Gasteiger partial charge in [0.25, 0.3) is 0 Å². The molecular weight excluding hydrogens is 303 g/mol. The number of carboxylic acids is 1. The molecule has 0 aliphatic heterocycles. The van der Waals surface area contributed by atoms with Gasteiger partial charge in [0.2, 0.25) is 0 Å². The number of benzene rings is 2. The standard InChI is InChI=1S/C11H14O2.C10H13F/c1-11(2,3)9-6-4-8(5-7-9)10(12)13;1-10(2,3)8-4-6-9(11)7-5-8/h4-7H,1-3H3,(H,12,13);4-7H,1-3H3. The summed E-state index contributed by atoms with van der Waals surface area (Å²) in [5.74, 6) is -1.04. The summed E-state index contributed by atoms with van der Waals surface area (Å²) < 4.78 is 12.5. The van der Waals surface area contributed by atoms with Crippen molar-refractivity contribution in [3.63, 3.8) is 0 Å². The highest BCUT2D eigenvalue weighted by Gasteiger charge is 2.14. The van der Waals surface area contributed by atoms with E-state index in [0.717, 1.165) is 5.56 Å². The molecule has 0 unspecified atom stereocenters. The normalized spacial score (nSPS) is 11.5. The van der Waals surface area contributed by atoms with Crippen molar-refractivity contribution < 1.29 is 14.3 Å². The summed E-state index contributed by atoms with van der Waals surface area (Å²) >= 11 is 0. The van der Waals surface area contributed by atoms with Gasteiger partial charge in [-0.05, 0) is 46.2 Å². The summed E-state index contributed by atoms with van der Waals surface area (Å²) in [5, 5.41) is 8.68. The van der Waals surface area contributed by atoms with Gasteiger partial charge in [-0.2, -0.15) is 0 Å². The second-order valence-corrected chi connectivity index (χ2v) is 7.89. The second-order valence-electron chi connectivity index (χ2n) is 7.89. The molecule has 1 N–H and O–H groups in total. The van der Waals surface area contributed by atoms with Gasteiger partial charge in [-0.3, -0.25) is 0 Å². The van der Waals surface area contributed by atoms with Crippen molar-refractivity contribution in [2.45, 2.75) is 52.4 Å². The van der Waals surface area contributed by atoms with E-state index in [4.69, 9.17) is 5.11 Å². The molecule has 0 bridgehead atoms. The molecule has 0 aliphatic rings. The highest BCUT2D eigenvalue weighted by molar-refractivity contribution is 5.87. The summed E-state index contributed by atoms with van der Waals surface area (Å²) in [6.45, 7) is 12.6. The Balaban J connectivity index is 0.000000243. The highest BCUT2D eigenvalue weighted by atomic mass is 19.1. The van der Waals surface area contributed by atoms with E-state index >= 15 is 0 Å². The summed E-state index contributed by atoms with van der Waals surface area (Å²) in [6.07, 6.45) is 0. The Labute approximate surface area is 144 Å². The number of hydrogen-bond acceptors (Lipinski definition) is 1. The molecule has 2 aromatic carbocycles. The van der Waals surface area contributed by atoms with Crippen molar-refractivity contribution in [3.05, 3.63) is 71.0 Å². The third-order valence-corrected chi connectivity index (χ3v) is 3.71. The lowest BCUT2D eigenvalue weighted by molar-refractivity contribution is 0.0697. The van der Waals surface area contributed by atoms with Crippen molar-refractivity contribution in [2.24, 2.45) is 0 Å². The van der Waals surface area contributed by atoms with Crippen molar-refractivity contribution in [3.8, 4) is 0 Å². The minimum absolute atomic E-state index is 0.0804. The van der Waals surface area contributed by atoms with Gasteiger partial charge in [0.1, 0.15) is 5.82 Å². The van der Waals surface area contributed by atoms with Gasteiger partial charge in [-0.25, -0.2) is 9.18 Å². The molecule has 0 saturated heterocycles. The van der Waals surface area contributed by atoms with Crippen LogP contribution in [0.25, 0.3) is 0 Å². The van der Waals surface area contributed by atoms with E-state index in [0.29, 0.717) is 5.56 Å². The number of carbonyl (C=O) groups is 1. The summed E-state index contributed by atoms with van der Waals surface area (Å²) in [5.41, 5.74) is 2.86. The number of rotatable bonds is 1. The number of hydrogen-bond donors (Lipinski definition) is 1. The monoisotopic (exact) mass is 330 g/mol. The first-order valence-corrected chi connectivity index (χ1v) is 8.01. The maximum absolute atomic E-state index is 12.5. The van der Waals surface area contributed by atoms with Crippen LogP contribution in [0.3, 0.4) is 0 Å². The molecule has 0 saturated carbocycles. The smallest absolute Gasteiger partial charge is 0.335 e. The van der Waals surface area contributed by atoms with Crippen LogP contribution in [-0.2, 0) is 10.8 Å². The summed E-state index contributed by atoms with van der Waals surface area (Å²) in [4.78, 5) is 10.6. The number of carboxylic acid groups (broad SMARTS) is 1.